The second-order valence-electron chi connectivity index (χ2n) is 5.53. The van der Waals surface area contributed by atoms with E-state index in [0.717, 1.165) is 26.2 Å². The number of piperazine rings is 1. The first-order valence-corrected chi connectivity index (χ1v) is 7.48. The van der Waals surface area contributed by atoms with Gasteiger partial charge in [0.15, 0.2) is 11.5 Å². The molecule has 0 bridgehead atoms. The molecule has 1 aromatic heterocycles. The highest BCUT2D eigenvalue weighted by Gasteiger charge is 2.21. The molecule has 5 nitrogen and oxygen atoms in total. The van der Waals surface area contributed by atoms with E-state index in [-0.39, 0.29) is 0 Å². The van der Waals surface area contributed by atoms with Crippen LogP contribution in [0.1, 0.15) is 16.8 Å². The summed E-state index contributed by atoms with van der Waals surface area (Å²) in [5.41, 5.74) is 4.37. The summed E-state index contributed by atoms with van der Waals surface area (Å²) in [6.07, 6.45) is 3.21. The van der Waals surface area contributed by atoms with Gasteiger partial charge in [-0.1, -0.05) is 12.1 Å². The minimum Gasteiger partial charge on any atom is -0.368 e. The number of nitriles is 1. The molecule has 1 aliphatic heterocycles. The van der Waals surface area contributed by atoms with Crippen LogP contribution >= 0.6 is 0 Å². The highest BCUT2D eigenvalue weighted by Crippen LogP contribution is 2.25. The Morgan fingerprint density at radius 1 is 1.00 bits per heavy atom. The highest BCUT2D eigenvalue weighted by molar-refractivity contribution is 5.58. The van der Waals surface area contributed by atoms with Gasteiger partial charge in [-0.3, -0.25) is 0 Å². The first-order valence-electron chi connectivity index (χ1n) is 7.48. The second kappa shape index (κ2) is 6.02. The normalized spacial score (nSPS) is 14.8. The molecular weight excluding hydrogens is 274 g/mol. The lowest BCUT2D eigenvalue weighted by atomic mass is 10.1. The summed E-state index contributed by atoms with van der Waals surface area (Å²) in [4.78, 5) is 13.0. The quantitative estimate of drug-likeness (QED) is 0.850. The molecule has 5 heteroatoms. The standard InChI is InChI=1S/C17H19N5/c1-13-4-3-5-16(14(13)2)21-8-10-22(11-9-21)17-15(12-18)19-6-7-20-17/h3-7H,8-11H2,1-2H3. The molecule has 0 spiro atoms. The molecule has 2 aromatic rings. The number of hydrogen-bond acceptors (Lipinski definition) is 5. The van der Waals surface area contributed by atoms with Gasteiger partial charge in [-0.05, 0) is 31.0 Å². The molecule has 1 saturated heterocycles. The van der Waals surface area contributed by atoms with Crippen LogP contribution in [0.5, 0.6) is 0 Å². The third-order valence-electron chi connectivity index (χ3n) is 4.28. The van der Waals surface area contributed by atoms with E-state index in [2.05, 4.69) is 57.9 Å². The van der Waals surface area contributed by atoms with Crippen molar-refractivity contribution in [2.75, 3.05) is 36.0 Å². The number of benzene rings is 1. The summed E-state index contributed by atoms with van der Waals surface area (Å²) in [5.74, 6) is 0.700. The molecule has 22 heavy (non-hydrogen) atoms. The SMILES string of the molecule is Cc1cccc(N2CCN(c3nccnc3C#N)CC2)c1C. The summed E-state index contributed by atoms with van der Waals surface area (Å²) in [6, 6.07) is 8.56. The fourth-order valence-electron chi connectivity index (χ4n) is 2.88. The summed E-state index contributed by atoms with van der Waals surface area (Å²) in [6.45, 7) is 7.86. The fourth-order valence-corrected chi connectivity index (χ4v) is 2.88. The van der Waals surface area contributed by atoms with Crippen molar-refractivity contribution in [1.29, 1.82) is 5.26 Å². The molecule has 1 fully saturated rings. The lowest BCUT2D eigenvalue weighted by Gasteiger charge is -2.37. The number of rotatable bonds is 2. The largest absolute Gasteiger partial charge is 0.368 e. The number of aromatic nitrogens is 2. The van der Waals surface area contributed by atoms with Crippen LogP contribution in [0.25, 0.3) is 0 Å². The number of anilines is 2. The zero-order chi connectivity index (χ0) is 15.5. The first kappa shape index (κ1) is 14.3. The molecular formula is C17H19N5. The fraction of sp³-hybridized carbons (Fsp3) is 0.353. The van der Waals surface area contributed by atoms with Gasteiger partial charge in [0, 0.05) is 44.3 Å². The number of nitrogens with zero attached hydrogens (tertiary/aromatic N) is 5. The molecule has 1 aromatic carbocycles. The van der Waals surface area contributed by atoms with Gasteiger partial charge < -0.3 is 9.80 Å². The highest BCUT2D eigenvalue weighted by atomic mass is 15.3. The van der Waals surface area contributed by atoms with Crippen molar-refractivity contribution in [2.45, 2.75) is 13.8 Å². The summed E-state index contributed by atoms with van der Waals surface area (Å²) in [7, 11) is 0. The van der Waals surface area contributed by atoms with E-state index in [9.17, 15) is 0 Å². The Bertz CT molecular complexity index is 711. The van der Waals surface area contributed by atoms with Gasteiger partial charge in [-0.2, -0.15) is 5.26 Å². The van der Waals surface area contributed by atoms with Gasteiger partial charge in [0.2, 0.25) is 0 Å². The molecule has 2 heterocycles. The third-order valence-corrected chi connectivity index (χ3v) is 4.28. The Hall–Kier alpha value is -2.61. The van der Waals surface area contributed by atoms with Gasteiger partial charge in [0.25, 0.3) is 0 Å². The molecule has 0 atom stereocenters. The Balaban J connectivity index is 1.76. The van der Waals surface area contributed by atoms with Crippen LogP contribution in [-0.4, -0.2) is 36.1 Å². The topological polar surface area (TPSA) is 56.1 Å². The minimum atomic E-state index is 0.405. The van der Waals surface area contributed by atoms with E-state index in [1.807, 2.05) is 0 Å². The molecule has 112 valence electrons. The molecule has 1 aliphatic rings. The average Bonchev–Trinajstić information content (AvgIpc) is 2.57. The van der Waals surface area contributed by atoms with Gasteiger partial charge >= 0.3 is 0 Å². The maximum absolute atomic E-state index is 9.16. The van der Waals surface area contributed by atoms with E-state index >= 15 is 0 Å². The van der Waals surface area contributed by atoms with Crippen LogP contribution in [0.3, 0.4) is 0 Å². The van der Waals surface area contributed by atoms with E-state index in [4.69, 9.17) is 5.26 Å². The van der Waals surface area contributed by atoms with Crippen molar-refractivity contribution in [2.24, 2.45) is 0 Å². The minimum absolute atomic E-state index is 0.405. The van der Waals surface area contributed by atoms with Crippen LogP contribution in [0.15, 0.2) is 30.6 Å². The van der Waals surface area contributed by atoms with Crippen molar-refractivity contribution in [3.8, 4) is 6.07 Å². The smallest absolute Gasteiger partial charge is 0.183 e. The van der Waals surface area contributed by atoms with Gasteiger partial charge in [-0.25, -0.2) is 9.97 Å². The average molecular weight is 293 g/mol. The van der Waals surface area contributed by atoms with Crippen molar-refractivity contribution < 1.29 is 0 Å². The Morgan fingerprint density at radius 2 is 1.68 bits per heavy atom. The van der Waals surface area contributed by atoms with Crippen molar-refractivity contribution in [3.05, 3.63) is 47.4 Å². The molecule has 0 saturated carbocycles. The zero-order valence-corrected chi connectivity index (χ0v) is 13.0. The Kier molecular flexibility index (Phi) is 3.92. The predicted molar refractivity (Wildman–Crippen MR) is 87.1 cm³/mol. The van der Waals surface area contributed by atoms with E-state index in [1.54, 1.807) is 12.4 Å². The Morgan fingerprint density at radius 3 is 2.41 bits per heavy atom. The monoisotopic (exact) mass is 293 g/mol. The van der Waals surface area contributed by atoms with Crippen LogP contribution in [-0.2, 0) is 0 Å². The number of hydrogen-bond donors (Lipinski definition) is 0. The maximum atomic E-state index is 9.16. The summed E-state index contributed by atoms with van der Waals surface area (Å²) in [5, 5.41) is 9.16. The van der Waals surface area contributed by atoms with Gasteiger partial charge in [0.1, 0.15) is 6.07 Å². The molecule has 0 amide bonds. The molecule has 0 unspecified atom stereocenters. The lowest BCUT2D eigenvalue weighted by Crippen LogP contribution is -2.47. The van der Waals surface area contributed by atoms with E-state index in [0.29, 0.717) is 11.5 Å². The molecule has 0 aliphatic carbocycles. The summed E-state index contributed by atoms with van der Waals surface area (Å²) < 4.78 is 0. The van der Waals surface area contributed by atoms with Gasteiger partial charge in [0.05, 0.1) is 0 Å². The Labute approximate surface area is 130 Å². The third kappa shape index (κ3) is 2.60. The van der Waals surface area contributed by atoms with Crippen LogP contribution in [0.4, 0.5) is 11.5 Å². The molecule has 3 rings (SSSR count). The van der Waals surface area contributed by atoms with Crippen molar-refractivity contribution >= 4 is 11.5 Å². The lowest BCUT2D eigenvalue weighted by molar-refractivity contribution is 0.644. The first-order chi connectivity index (χ1) is 10.7. The second-order valence-corrected chi connectivity index (χ2v) is 5.53. The van der Waals surface area contributed by atoms with Gasteiger partial charge in [-0.15, -0.1) is 0 Å². The van der Waals surface area contributed by atoms with E-state index < -0.39 is 0 Å². The van der Waals surface area contributed by atoms with Crippen LogP contribution in [0.2, 0.25) is 0 Å². The van der Waals surface area contributed by atoms with Crippen molar-refractivity contribution in [3.63, 3.8) is 0 Å². The van der Waals surface area contributed by atoms with E-state index in [1.165, 1.54) is 16.8 Å². The van der Waals surface area contributed by atoms with Crippen molar-refractivity contribution in [1.82, 2.24) is 9.97 Å². The molecule has 0 radical (unpaired) electrons. The maximum Gasteiger partial charge on any atom is 0.183 e. The predicted octanol–water partition coefficient (Wildman–Crippen LogP) is 2.29. The number of aryl methyl sites for hydroxylation is 1. The zero-order valence-electron chi connectivity index (χ0n) is 13.0. The summed E-state index contributed by atoms with van der Waals surface area (Å²) >= 11 is 0. The van der Waals surface area contributed by atoms with Crippen LogP contribution < -0.4 is 9.80 Å². The molecule has 0 N–H and O–H groups in total. The van der Waals surface area contributed by atoms with Crippen LogP contribution in [0, 0.1) is 25.2 Å².